The fraction of sp³-hybridized carbons (Fsp3) is 0.667. The minimum atomic E-state index is -0.111. The zero-order chi connectivity index (χ0) is 16.3. The second-order valence-electron chi connectivity index (χ2n) is 8.60. The zero-order valence-corrected chi connectivity index (χ0v) is 15.3. The van der Waals surface area contributed by atoms with Crippen LogP contribution < -0.4 is 5.46 Å². The van der Waals surface area contributed by atoms with Gasteiger partial charge in [-0.25, -0.2) is 4.39 Å². The zero-order valence-electron chi connectivity index (χ0n) is 14.5. The maximum absolute atomic E-state index is 14.7. The summed E-state index contributed by atoms with van der Waals surface area (Å²) in [7, 11) is -0.0620. The lowest BCUT2D eigenvalue weighted by Crippen LogP contribution is -2.30. The molecule has 2 aliphatic rings. The van der Waals surface area contributed by atoms with Crippen LogP contribution in [0.15, 0.2) is 12.3 Å². The molecule has 0 amide bonds. The molecular formula is C18H27BFNS. The lowest BCUT2D eigenvalue weighted by Gasteiger charge is -2.35. The van der Waals surface area contributed by atoms with Crippen molar-refractivity contribution in [2.24, 2.45) is 10.8 Å². The Morgan fingerprint density at radius 3 is 2.14 bits per heavy atom. The number of hydrogen-bond acceptors (Lipinski definition) is 1. The van der Waals surface area contributed by atoms with Crippen LogP contribution in [0.25, 0.3) is 0 Å². The van der Waals surface area contributed by atoms with Crippen LogP contribution in [0.1, 0.15) is 46.2 Å². The highest BCUT2D eigenvalue weighted by Crippen LogP contribution is 2.58. The summed E-state index contributed by atoms with van der Waals surface area (Å²) in [4.78, 5) is 4.57. The molecule has 1 unspecified atom stereocenters. The molecule has 1 saturated carbocycles. The van der Waals surface area contributed by atoms with Crippen LogP contribution in [0.3, 0.4) is 0 Å². The van der Waals surface area contributed by atoms with Gasteiger partial charge in [-0.1, -0.05) is 51.7 Å². The smallest absolute Gasteiger partial charge is 0.179 e. The van der Waals surface area contributed by atoms with E-state index >= 15 is 0 Å². The Bertz CT molecular complexity index is 618. The summed E-state index contributed by atoms with van der Waals surface area (Å²) in [6.45, 7) is 9.74. The molecule has 1 aromatic heterocycles. The highest BCUT2D eigenvalue weighted by molar-refractivity contribution is 8.14. The van der Waals surface area contributed by atoms with Crippen LogP contribution in [-0.4, -0.2) is 23.8 Å². The van der Waals surface area contributed by atoms with Gasteiger partial charge in [0.25, 0.3) is 0 Å². The Kier molecular flexibility index (Phi) is 3.64. The third-order valence-electron chi connectivity index (χ3n) is 6.48. The number of nitrogens with zero attached hydrogens (tertiary/aromatic N) is 1. The molecule has 1 saturated heterocycles. The van der Waals surface area contributed by atoms with Crippen LogP contribution in [0.2, 0.25) is 12.6 Å². The molecule has 1 aromatic rings. The SMILES string of the molecule is C=S(C)C1(c2ncc(B3CC(C)(C)C(C)(C)C3)cc2F)CC1. The number of halogens is 1. The molecule has 1 aliphatic heterocycles. The minimum Gasteiger partial charge on any atom is -0.257 e. The van der Waals surface area contributed by atoms with Crippen molar-refractivity contribution in [1.29, 1.82) is 0 Å². The topological polar surface area (TPSA) is 12.9 Å². The van der Waals surface area contributed by atoms with Crippen molar-refractivity contribution in [3.8, 4) is 0 Å². The van der Waals surface area contributed by atoms with Crippen molar-refractivity contribution in [2.75, 3.05) is 6.26 Å². The first-order valence-corrected chi connectivity index (χ1v) is 10.0. The van der Waals surface area contributed by atoms with E-state index in [-0.39, 0.29) is 31.9 Å². The van der Waals surface area contributed by atoms with E-state index in [1.807, 2.05) is 6.20 Å². The predicted molar refractivity (Wildman–Crippen MR) is 98.3 cm³/mol. The van der Waals surface area contributed by atoms with E-state index in [1.165, 1.54) is 0 Å². The van der Waals surface area contributed by atoms with Gasteiger partial charge in [0.05, 0.1) is 10.4 Å². The van der Waals surface area contributed by atoms with Crippen LogP contribution in [-0.2, 0) is 4.75 Å². The maximum atomic E-state index is 14.7. The molecule has 1 aliphatic carbocycles. The van der Waals surface area contributed by atoms with E-state index in [0.29, 0.717) is 12.4 Å². The quantitative estimate of drug-likeness (QED) is 0.598. The molecule has 120 valence electrons. The number of aromatic nitrogens is 1. The lowest BCUT2D eigenvalue weighted by molar-refractivity contribution is 0.177. The van der Waals surface area contributed by atoms with E-state index in [9.17, 15) is 4.39 Å². The van der Waals surface area contributed by atoms with Crippen molar-refractivity contribution >= 4 is 28.5 Å². The van der Waals surface area contributed by atoms with Crippen molar-refractivity contribution in [1.82, 2.24) is 4.98 Å². The first-order valence-electron chi connectivity index (χ1n) is 8.21. The largest absolute Gasteiger partial charge is 0.257 e. The van der Waals surface area contributed by atoms with Gasteiger partial charge in [0.1, 0.15) is 5.82 Å². The van der Waals surface area contributed by atoms with Gasteiger partial charge < -0.3 is 0 Å². The summed E-state index contributed by atoms with van der Waals surface area (Å²) in [6, 6.07) is 1.76. The third kappa shape index (κ3) is 2.38. The third-order valence-corrected chi connectivity index (χ3v) is 8.42. The predicted octanol–water partition coefficient (Wildman–Crippen LogP) is 4.31. The van der Waals surface area contributed by atoms with Gasteiger partial charge in [0.2, 0.25) is 0 Å². The maximum Gasteiger partial charge on any atom is 0.179 e. The van der Waals surface area contributed by atoms with Crippen LogP contribution >= 0.6 is 10.5 Å². The van der Waals surface area contributed by atoms with Gasteiger partial charge in [0, 0.05) is 6.20 Å². The van der Waals surface area contributed by atoms with Gasteiger partial charge in [-0.05, 0) is 36.0 Å². The van der Waals surface area contributed by atoms with Gasteiger partial charge in [0.15, 0.2) is 6.71 Å². The highest BCUT2D eigenvalue weighted by Gasteiger charge is 2.50. The second-order valence-corrected chi connectivity index (χ2v) is 10.7. The summed E-state index contributed by atoms with van der Waals surface area (Å²) >= 11 is 0. The van der Waals surface area contributed by atoms with E-state index < -0.39 is 0 Å². The molecule has 0 N–H and O–H groups in total. The number of rotatable bonds is 3. The van der Waals surface area contributed by atoms with Crippen molar-refractivity contribution in [3.63, 3.8) is 0 Å². The van der Waals surface area contributed by atoms with Crippen LogP contribution in [0, 0.1) is 16.6 Å². The standard InChI is InChI=1S/C18H27BFNS/c1-16(2)11-19(12-17(16,3)4)13-9-14(20)15(21-10-13)18(7-8-18)22(5)6/h9-10H,5,7-8,11-12H2,1-4,6H3. The number of hydrogen-bond donors (Lipinski definition) is 0. The molecule has 22 heavy (non-hydrogen) atoms. The second kappa shape index (κ2) is 4.93. The molecule has 1 nitrogen and oxygen atoms in total. The molecular weight excluding hydrogens is 292 g/mol. The summed E-state index contributed by atoms with van der Waals surface area (Å²) < 4.78 is 14.6. The monoisotopic (exact) mass is 319 g/mol. The Hall–Kier alpha value is -0.635. The van der Waals surface area contributed by atoms with Gasteiger partial charge in [-0.3, -0.25) is 4.98 Å². The van der Waals surface area contributed by atoms with E-state index in [4.69, 9.17) is 0 Å². The average Bonchev–Trinajstić information content (AvgIpc) is 3.14. The Morgan fingerprint density at radius 2 is 1.73 bits per heavy atom. The Morgan fingerprint density at radius 1 is 1.18 bits per heavy atom. The average molecular weight is 319 g/mol. The van der Waals surface area contributed by atoms with Crippen LogP contribution in [0.5, 0.6) is 0 Å². The van der Waals surface area contributed by atoms with Gasteiger partial charge in [-0.2, -0.15) is 10.5 Å². The first-order chi connectivity index (χ1) is 10.1. The van der Waals surface area contributed by atoms with Crippen molar-refractivity contribution < 1.29 is 4.39 Å². The summed E-state index contributed by atoms with van der Waals surface area (Å²) in [5.41, 5.74) is 2.31. The molecule has 0 spiro atoms. The molecule has 2 heterocycles. The van der Waals surface area contributed by atoms with Gasteiger partial charge in [-0.15, -0.1) is 0 Å². The fourth-order valence-corrected chi connectivity index (χ4v) is 5.25. The summed E-state index contributed by atoms with van der Waals surface area (Å²) in [5.74, 6) is 4.04. The molecule has 2 fully saturated rings. The molecule has 0 bridgehead atoms. The first kappa shape index (κ1) is 16.2. The molecule has 1 atom stereocenters. The lowest BCUT2D eigenvalue weighted by atomic mass is 9.42. The Balaban J connectivity index is 1.90. The highest BCUT2D eigenvalue weighted by atomic mass is 32.2. The fourth-order valence-electron chi connectivity index (χ4n) is 3.97. The van der Waals surface area contributed by atoms with Crippen molar-refractivity contribution in [3.05, 3.63) is 23.8 Å². The Labute approximate surface area is 137 Å². The van der Waals surface area contributed by atoms with E-state index in [1.54, 1.807) is 6.07 Å². The summed E-state index contributed by atoms with van der Waals surface area (Å²) in [5, 5.41) is 0. The van der Waals surface area contributed by atoms with Crippen LogP contribution in [0.4, 0.5) is 4.39 Å². The molecule has 4 heteroatoms. The van der Waals surface area contributed by atoms with Gasteiger partial charge >= 0.3 is 0 Å². The van der Waals surface area contributed by atoms with E-state index in [2.05, 4.69) is 44.8 Å². The van der Waals surface area contributed by atoms with E-state index in [0.717, 1.165) is 30.9 Å². The minimum absolute atomic E-state index is 0.0620. The number of pyridine rings is 1. The van der Waals surface area contributed by atoms with Crippen molar-refractivity contribution in [2.45, 2.75) is 57.9 Å². The molecule has 0 aromatic carbocycles. The normalized spacial score (nSPS) is 26.0. The summed E-state index contributed by atoms with van der Waals surface area (Å²) in [6.07, 6.45) is 8.32. The molecule has 3 rings (SSSR count). The molecule has 0 radical (unpaired) electrons.